The number of rotatable bonds is 5. The molecule has 1 fully saturated rings. The predicted octanol–water partition coefficient (Wildman–Crippen LogP) is 3.71. The normalized spacial score (nSPS) is 15.8. The van der Waals surface area contributed by atoms with Gasteiger partial charge in [-0.3, -0.25) is 9.59 Å². The summed E-state index contributed by atoms with van der Waals surface area (Å²) >= 11 is 6.24. The summed E-state index contributed by atoms with van der Waals surface area (Å²) in [4.78, 5) is 26.0. The first-order chi connectivity index (χ1) is 14.1. The van der Waals surface area contributed by atoms with Gasteiger partial charge in [0.15, 0.2) is 6.61 Å². The Morgan fingerprint density at radius 3 is 2.66 bits per heavy atom. The molecule has 2 amide bonds. The summed E-state index contributed by atoms with van der Waals surface area (Å²) in [6.07, 6.45) is 3.76. The molecule has 2 aliphatic rings. The maximum absolute atomic E-state index is 12.3. The maximum Gasteiger partial charge on any atom is 0.262 e. The minimum atomic E-state index is -0.222. The zero-order chi connectivity index (χ0) is 20.2. The number of nitrogens with zero attached hydrogens (tertiary/aromatic N) is 1. The molecule has 2 aromatic rings. The van der Waals surface area contributed by atoms with E-state index in [4.69, 9.17) is 16.3 Å². The number of benzene rings is 2. The average Bonchev–Trinajstić information content (AvgIpc) is 2.73. The summed E-state index contributed by atoms with van der Waals surface area (Å²) in [5.74, 6) is 0.115. The second-order valence-corrected chi connectivity index (χ2v) is 7.57. The summed E-state index contributed by atoms with van der Waals surface area (Å²) in [5, 5.41) is 8.98. The van der Waals surface area contributed by atoms with Crippen LogP contribution in [0.1, 0.15) is 19.3 Å². The fourth-order valence-corrected chi connectivity index (χ4v) is 3.75. The first-order valence-corrected chi connectivity index (χ1v) is 10.1. The van der Waals surface area contributed by atoms with Crippen molar-refractivity contribution in [1.82, 2.24) is 0 Å². The number of piperidine rings is 1. The number of ether oxygens (including phenoxy) is 1. The largest absolute Gasteiger partial charge is 0.482 e. The number of nitrogens with one attached hydrogen (secondary N) is 3. The van der Waals surface area contributed by atoms with E-state index in [1.54, 1.807) is 12.1 Å². The molecule has 0 bridgehead atoms. The number of fused-ring (bicyclic) bond motifs is 1. The van der Waals surface area contributed by atoms with Crippen LogP contribution in [-0.2, 0) is 9.59 Å². The van der Waals surface area contributed by atoms with E-state index in [2.05, 4.69) is 20.9 Å². The van der Waals surface area contributed by atoms with E-state index in [0.29, 0.717) is 22.1 Å². The lowest BCUT2D eigenvalue weighted by molar-refractivity contribution is -0.118. The molecule has 3 N–H and O–H groups in total. The Morgan fingerprint density at radius 1 is 1.14 bits per heavy atom. The number of anilines is 4. The Kier molecular flexibility index (Phi) is 5.76. The van der Waals surface area contributed by atoms with Crippen LogP contribution in [0.3, 0.4) is 0 Å². The van der Waals surface area contributed by atoms with Crippen LogP contribution in [0.4, 0.5) is 22.7 Å². The number of hydrogen-bond acceptors (Lipinski definition) is 5. The summed E-state index contributed by atoms with van der Waals surface area (Å²) in [6, 6.07) is 11.2. The van der Waals surface area contributed by atoms with Crippen molar-refractivity contribution in [2.24, 2.45) is 0 Å². The Hall–Kier alpha value is -2.93. The van der Waals surface area contributed by atoms with Gasteiger partial charge < -0.3 is 25.6 Å². The molecular weight excluding hydrogens is 392 g/mol. The molecule has 4 rings (SSSR count). The first-order valence-electron chi connectivity index (χ1n) is 9.73. The highest BCUT2D eigenvalue weighted by molar-refractivity contribution is 6.33. The van der Waals surface area contributed by atoms with Crippen molar-refractivity contribution < 1.29 is 14.3 Å². The van der Waals surface area contributed by atoms with Gasteiger partial charge in [0.1, 0.15) is 5.75 Å². The highest BCUT2D eigenvalue weighted by Crippen LogP contribution is 2.36. The lowest BCUT2D eigenvalue weighted by Gasteiger charge is -2.28. The van der Waals surface area contributed by atoms with Crippen molar-refractivity contribution in [3.8, 4) is 5.75 Å². The molecule has 29 heavy (non-hydrogen) atoms. The van der Waals surface area contributed by atoms with Gasteiger partial charge in [0.2, 0.25) is 5.91 Å². The fourth-order valence-electron chi connectivity index (χ4n) is 3.52. The minimum Gasteiger partial charge on any atom is -0.482 e. The molecule has 8 heteroatoms. The van der Waals surface area contributed by atoms with Crippen LogP contribution in [0, 0.1) is 0 Å². The van der Waals surface area contributed by atoms with E-state index in [9.17, 15) is 9.59 Å². The standard InChI is InChI=1S/C21H23ClN4O3/c22-16-10-18-19(29-13-21(28)25-18)11-17(16)23-12-20(27)24-14-4-6-15(7-5-14)26-8-2-1-3-9-26/h4-7,10-11,23H,1-3,8-9,12-13H2,(H,24,27)(H,25,28). The van der Waals surface area contributed by atoms with Gasteiger partial charge in [-0.15, -0.1) is 0 Å². The molecule has 2 aliphatic heterocycles. The van der Waals surface area contributed by atoms with Gasteiger partial charge in [-0.1, -0.05) is 11.6 Å². The predicted molar refractivity (Wildman–Crippen MR) is 115 cm³/mol. The first kappa shape index (κ1) is 19.4. The number of carbonyl (C=O) groups is 2. The Labute approximate surface area is 174 Å². The van der Waals surface area contributed by atoms with Gasteiger partial charge in [-0.2, -0.15) is 0 Å². The Balaban J connectivity index is 1.32. The number of carbonyl (C=O) groups excluding carboxylic acids is 2. The fraction of sp³-hybridized carbons (Fsp3) is 0.333. The number of hydrogen-bond donors (Lipinski definition) is 3. The van der Waals surface area contributed by atoms with Gasteiger partial charge in [0, 0.05) is 30.5 Å². The van der Waals surface area contributed by atoms with Gasteiger partial charge in [-0.25, -0.2) is 0 Å². The van der Waals surface area contributed by atoms with Crippen molar-refractivity contribution in [2.45, 2.75) is 19.3 Å². The van der Waals surface area contributed by atoms with Crippen LogP contribution in [-0.4, -0.2) is 38.1 Å². The van der Waals surface area contributed by atoms with E-state index in [0.717, 1.165) is 18.8 Å². The molecule has 0 saturated carbocycles. The maximum atomic E-state index is 12.3. The van der Waals surface area contributed by atoms with E-state index in [-0.39, 0.29) is 25.0 Å². The van der Waals surface area contributed by atoms with Crippen molar-refractivity contribution >= 4 is 46.2 Å². The smallest absolute Gasteiger partial charge is 0.262 e. The highest BCUT2D eigenvalue weighted by atomic mass is 35.5. The average molecular weight is 415 g/mol. The number of halogens is 1. The molecule has 0 atom stereocenters. The second kappa shape index (κ2) is 8.61. The van der Waals surface area contributed by atoms with Gasteiger partial charge >= 0.3 is 0 Å². The van der Waals surface area contributed by atoms with Crippen molar-refractivity contribution in [3.63, 3.8) is 0 Å². The highest BCUT2D eigenvalue weighted by Gasteiger charge is 2.18. The molecular formula is C21H23ClN4O3. The van der Waals surface area contributed by atoms with Crippen LogP contribution < -0.4 is 25.6 Å². The molecule has 7 nitrogen and oxygen atoms in total. The molecule has 0 radical (unpaired) electrons. The number of amides is 2. The molecule has 0 spiro atoms. The minimum absolute atomic E-state index is 0.0397. The van der Waals surface area contributed by atoms with Crippen LogP contribution >= 0.6 is 11.6 Å². The molecule has 0 aliphatic carbocycles. The lowest BCUT2D eigenvalue weighted by Crippen LogP contribution is -2.29. The molecule has 2 heterocycles. The third-order valence-corrected chi connectivity index (χ3v) is 5.33. The Bertz CT molecular complexity index is 911. The van der Waals surface area contributed by atoms with Crippen molar-refractivity contribution in [1.29, 1.82) is 0 Å². The topological polar surface area (TPSA) is 82.7 Å². The van der Waals surface area contributed by atoms with Gasteiger partial charge in [-0.05, 0) is 49.6 Å². The SMILES string of the molecule is O=C(CNc1cc2c(cc1Cl)NC(=O)CO2)Nc1ccc(N2CCCCC2)cc1. The molecule has 0 aromatic heterocycles. The molecule has 0 unspecified atom stereocenters. The zero-order valence-corrected chi connectivity index (χ0v) is 16.7. The lowest BCUT2D eigenvalue weighted by atomic mass is 10.1. The second-order valence-electron chi connectivity index (χ2n) is 7.16. The summed E-state index contributed by atoms with van der Waals surface area (Å²) in [5.41, 5.74) is 3.03. The van der Waals surface area contributed by atoms with Crippen molar-refractivity contribution in [3.05, 3.63) is 41.4 Å². The Morgan fingerprint density at radius 2 is 1.90 bits per heavy atom. The van der Waals surface area contributed by atoms with Crippen LogP contribution in [0.2, 0.25) is 5.02 Å². The zero-order valence-electron chi connectivity index (χ0n) is 16.0. The summed E-state index contributed by atoms with van der Waals surface area (Å²) in [7, 11) is 0. The third kappa shape index (κ3) is 4.74. The monoisotopic (exact) mass is 414 g/mol. The van der Waals surface area contributed by atoms with E-state index < -0.39 is 0 Å². The summed E-state index contributed by atoms with van der Waals surface area (Å²) < 4.78 is 5.38. The van der Waals surface area contributed by atoms with Gasteiger partial charge in [0.05, 0.1) is 22.9 Å². The van der Waals surface area contributed by atoms with Crippen LogP contribution in [0.15, 0.2) is 36.4 Å². The molecule has 1 saturated heterocycles. The quantitative estimate of drug-likeness (QED) is 0.694. The molecule has 2 aromatic carbocycles. The van der Waals surface area contributed by atoms with E-state index in [1.165, 1.54) is 24.9 Å². The van der Waals surface area contributed by atoms with E-state index >= 15 is 0 Å². The third-order valence-electron chi connectivity index (χ3n) is 5.01. The van der Waals surface area contributed by atoms with Crippen LogP contribution in [0.5, 0.6) is 5.75 Å². The van der Waals surface area contributed by atoms with E-state index in [1.807, 2.05) is 24.3 Å². The van der Waals surface area contributed by atoms with Crippen molar-refractivity contribution in [2.75, 3.05) is 47.1 Å². The van der Waals surface area contributed by atoms with Crippen LogP contribution in [0.25, 0.3) is 0 Å². The van der Waals surface area contributed by atoms with Gasteiger partial charge in [0.25, 0.3) is 5.91 Å². The molecule has 152 valence electrons. The summed E-state index contributed by atoms with van der Waals surface area (Å²) in [6.45, 7) is 2.19.